The van der Waals surface area contributed by atoms with Gasteiger partial charge >= 0.3 is 5.97 Å². The molecule has 1 atom stereocenters. The summed E-state index contributed by atoms with van der Waals surface area (Å²) < 4.78 is 9.93. The Labute approximate surface area is 128 Å². The molecule has 0 bridgehead atoms. The first-order valence-electron chi connectivity index (χ1n) is 7.46. The van der Waals surface area contributed by atoms with E-state index in [1.165, 1.54) is 7.11 Å². The highest BCUT2D eigenvalue weighted by molar-refractivity contribution is 6.39. The van der Waals surface area contributed by atoms with Gasteiger partial charge in [-0.25, -0.2) is 4.79 Å². The van der Waals surface area contributed by atoms with E-state index < -0.39 is 17.7 Å². The molecule has 1 saturated carbocycles. The summed E-state index contributed by atoms with van der Waals surface area (Å²) >= 11 is 0. The Hall–Kier alpha value is -2.17. The minimum atomic E-state index is -0.929. The van der Waals surface area contributed by atoms with Crippen molar-refractivity contribution in [2.24, 2.45) is 5.92 Å². The monoisotopic (exact) mass is 302 g/mol. The van der Waals surface area contributed by atoms with Crippen LogP contribution in [0.2, 0.25) is 0 Å². The third kappa shape index (κ3) is 2.21. The van der Waals surface area contributed by atoms with E-state index in [9.17, 15) is 14.4 Å². The molecular formula is C17H18O5. The maximum atomic E-state index is 12.7. The van der Waals surface area contributed by atoms with Gasteiger partial charge in [-0.1, -0.05) is 6.07 Å². The van der Waals surface area contributed by atoms with E-state index in [0.29, 0.717) is 17.7 Å². The summed E-state index contributed by atoms with van der Waals surface area (Å²) in [4.78, 5) is 36.6. The van der Waals surface area contributed by atoms with Crippen LogP contribution >= 0.6 is 0 Å². The second-order valence-electron chi connectivity index (χ2n) is 5.90. The molecule has 5 nitrogen and oxygen atoms in total. The summed E-state index contributed by atoms with van der Waals surface area (Å²) in [6.45, 7) is 1.76. The molecule has 116 valence electrons. The third-order valence-electron chi connectivity index (χ3n) is 4.62. The lowest BCUT2D eigenvalue weighted by molar-refractivity contribution is -0.154. The van der Waals surface area contributed by atoms with Gasteiger partial charge in [-0.15, -0.1) is 0 Å². The van der Waals surface area contributed by atoms with Crippen molar-refractivity contribution in [1.29, 1.82) is 0 Å². The van der Waals surface area contributed by atoms with Gasteiger partial charge in [0, 0.05) is 5.56 Å². The van der Waals surface area contributed by atoms with Crippen LogP contribution < -0.4 is 4.74 Å². The SMILES string of the molecule is CCOC(=O)C(=O)C1CC2(CC2)c2ccc(OC)cc2C1=O. The molecule has 1 fully saturated rings. The van der Waals surface area contributed by atoms with Crippen LogP contribution in [0.15, 0.2) is 18.2 Å². The number of esters is 1. The highest BCUT2D eigenvalue weighted by Crippen LogP contribution is 2.57. The van der Waals surface area contributed by atoms with Gasteiger partial charge in [0.05, 0.1) is 19.6 Å². The van der Waals surface area contributed by atoms with E-state index in [-0.39, 0.29) is 17.8 Å². The van der Waals surface area contributed by atoms with Crippen molar-refractivity contribution in [3.05, 3.63) is 29.3 Å². The summed E-state index contributed by atoms with van der Waals surface area (Å²) in [6.07, 6.45) is 2.28. The number of ether oxygens (including phenoxy) is 2. The summed E-state index contributed by atoms with van der Waals surface area (Å²) in [5.74, 6) is -2.30. The molecule has 22 heavy (non-hydrogen) atoms. The first kappa shape index (κ1) is 14.8. The quantitative estimate of drug-likeness (QED) is 0.484. The molecular weight excluding hydrogens is 284 g/mol. The van der Waals surface area contributed by atoms with E-state index in [4.69, 9.17) is 9.47 Å². The standard InChI is InChI=1S/C17H18O5/c1-3-22-16(20)15(19)12-9-17(6-7-17)13-5-4-10(21-2)8-11(13)14(12)18/h4-5,8,12H,3,6-7,9H2,1-2H3. The van der Waals surface area contributed by atoms with Gasteiger partial charge in [0.15, 0.2) is 5.78 Å². The van der Waals surface area contributed by atoms with E-state index in [2.05, 4.69) is 0 Å². The Morgan fingerprint density at radius 3 is 2.64 bits per heavy atom. The molecule has 0 saturated heterocycles. The van der Waals surface area contributed by atoms with Gasteiger partial charge in [-0.3, -0.25) is 9.59 Å². The zero-order valence-corrected chi connectivity index (χ0v) is 12.7. The van der Waals surface area contributed by atoms with E-state index in [1.54, 1.807) is 13.0 Å². The van der Waals surface area contributed by atoms with Crippen molar-refractivity contribution < 1.29 is 23.9 Å². The minimum Gasteiger partial charge on any atom is -0.497 e. The second kappa shape index (κ2) is 5.23. The molecule has 5 heteroatoms. The number of methoxy groups -OCH3 is 1. The van der Waals surface area contributed by atoms with Crippen LogP contribution in [0.3, 0.4) is 0 Å². The Morgan fingerprint density at radius 1 is 1.32 bits per heavy atom. The molecule has 0 heterocycles. The molecule has 2 aliphatic carbocycles. The molecule has 0 amide bonds. The summed E-state index contributed by atoms with van der Waals surface area (Å²) in [5.41, 5.74) is 1.35. The Bertz CT molecular complexity index is 657. The molecule has 1 aromatic rings. The zero-order valence-electron chi connectivity index (χ0n) is 12.7. The smallest absolute Gasteiger partial charge is 0.375 e. The topological polar surface area (TPSA) is 69.7 Å². The summed E-state index contributed by atoms with van der Waals surface area (Å²) in [5, 5.41) is 0. The van der Waals surface area contributed by atoms with Gasteiger partial charge in [-0.2, -0.15) is 0 Å². The Morgan fingerprint density at radius 2 is 2.05 bits per heavy atom. The van der Waals surface area contributed by atoms with Crippen molar-refractivity contribution in [1.82, 2.24) is 0 Å². The predicted molar refractivity (Wildman–Crippen MR) is 78.0 cm³/mol. The van der Waals surface area contributed by atoms with Crippen LogP contribution in [0.4, 0.5) is 0 Å². The van der Waals surface area contributed by atoms with Crippen LogP contribution in [-0.4, -0.2) is 31.3 Å². The van der Waals surface area contributed by atoms with Crippen LogP contribution in [-0.2, 0) is 19.7 Å². The van der Waals surface area contributed by atoms with Crippen molar-refractivity contribution in [2.75, 3.05) is 13.7 Å². The number of carbonyl (C=O) groups excluding carboxylic acids is 3. The summed E-state index contributed by atoms with van der Waals surface area (Å²) in [6, 6.07) is 5.41. The lowest BCUT2D eigenvalue weighted by Crippen LogP contribution is -2.38. The fourth-order valence-corrected chi connectivity index (χ4v) is 3.28. The zero-order chi connectivity index (χ0) is 15.9. The van der Waals surface area contributed by atoms with E-state index >= 15 is 0 Å². The fourth-order valence-electron chi connectivity index (χ4n) is 3.28. The molecule has 1 spiro atoms. The normalized spacial score (nSPS) is 21.2. The van der Waals surface area contributed by atoms with Crippen molar-refractivity contribution in [3.63, 3.8) is 0 Å². The molecule has 1 aromatic carbocycles. The Kier molecular flexibility index (Phi) is 3.51. The number of rotatable bonds is 4. The minimum absolute atomic E-state index is 0.126. The molecule has 2 aliphatic rings. The predicted octanol–water partition coefficient (Wildman–Crippen LogP) is 2.06. The van der Waals surface area contributed by atoms with E-state index in [1.807, 2.05) is 12.1 Å². The van der Waals surface area contributed by atoms with Crippen LogP contribution in [0.1, 0.15) is 42.1 Å². The number of Topliss-reactive ketones (excluding diaryl/α,β-unsaturated/α-hetero) is 2. The first-order chi connectivity index (χ1) is 10.5. The van der Waals surface area contributed by atoms with Crippen molar-refractivity contribution in [3.8, 4) is 5.75 Å². The molecule has 0 aromatic heterocycles. The van der Waals surface area contributed by atoms with Gasteiger partial charge in [-0.05, 0) is 49.3 Å². The highest BCUT2D eigenvalue weighted by atomic mass is 16.5. The lowest BCUT2D eigenvalue weighted by atomic mass is 9.72. The lowest BCUT2D eigenvalue weighted by Gasteiger charge is -2.29. The van der Waals surface area contributed by atoms with E-state index in [0.717, 1.165) is 18.4 Å². The Balaban J connectivity index is 1.98. The number of benzene rings is 1. The van der Waals surface area contributed by atoms with Gasteiger partial charge in [0.2, 0.25) is 0 Å². The highest BCUT2D eigenvalue weighted by Gasteiger charge is 2.54. The maximum Gasteiger partial charge on any atom is 0.375 e. The van der Waals surface area contributed by atoms with Crippen LogP contribution in [0.25, 0.3) is 0 Å². The number of hydrogen-bond donors (Lipinski definition) is 0. The second-order valence-corrected chi connectivity index (χ2v) is 5.90. The number of ketones is 2. The molecule has 0 N–H and O–H groups in total. The third-order valence-corrected chi connectivity index (χ3v) is 4.62. The van der Waals surface area contributed by atoms with Crippen LogP contribution in [0.5, 0.6) is 5.75 Å². The first-order valence-corrected chi connectivity index (χ1v) is 7.46. The summed E-state index contributed by atoms with van der Waals surface area (Å²) in [7, 11) is 1.53. The average molecular weight is 302 g/mol. The number of carbonyl (C=O) groups is 3. The molecule has 3 rings (SSSR count). The molecule has 1 unspecified atom stereocenters. The van der Waals surface area contributed by atoms with Crippen molar-refractivity contribution in [2.45, 2.75) is 31.6 Å². The average Bonchev–Trinajstić information content (AvgIpc) is 3.30. The molecule has 0 aliphatic heterocycles. The molecule has 0 radical (unpaired) electrons. The van der Waals surface area contributed by atoms with Gasteiger partial charge in [0.25, 0.3) is 5.78 Å². The van der Waals surface area contributed by atoms with Gasteiger partial charge in [0.1, 0.15) is 5.75 Å². The maximum absolute atomic E-state index is 12.7. The fraction of sp³-hybridized carbons (Fsp3) is 0.471. The van der Waals surface area contributed by atoms with Gasteiger partial charge < -0.3 is 9.47 Å². The number of fused-ring (bicyclic) bond motifs is 2. The van der Waals surface area contributed by atoms with Crippen LogP contribution in [0, 0.1) is 5.92 Å². The largest absolute Gasteiger partial charge is 0.497 e. The number of hydrogen-bond acceptors (Lipinski definition) is 5. The van der Waals surface area contributed by atoms with Crippen molar-refractivity contribution >= 4 is 17.5 Å².